The van der Waals surface area contributed by atoms with Crippen LogP contribution in [-0.2, 0) is 18.5 Å². The molecule has 4 nitrogen and oxygen atoms in total. The summed E-state index contributed by atoms with van der Waals surface area (Å²) in [7, 11) is 0. The van der Waals surface area contributed by atoms with E-state index in [1.807, 2.05) is 4.68 Å². The van der Waals surface area contributed by atoms with Crippen LogP contribution in [0, 0.1) is 0 Å². The molecular weight excluding hydrogens is 224 g/mol. The maximum atomic E-state index is 5.74. The summed E-state index contributed by atoms with van der Waals surface area (Å²) in [6.45, 7) is 10.3. The summed E-state index contributed by atoms with van der Waals surface area (Å²) in [6.07, 6.45) is 6.39. The first kappa shape index (κ1) is 15.2. The number of hydrogen-bond acceptors (Lipinski definition) is 3. The molecule has 1 aromatic rings. The van der Waals surface area contributed by atoms with E-state index < -0.39 is 0 Å². The van der Waals surface area contributed by atoms with Gasteiger partial charge in [0.2, 0.25) is 0 Å². The number of unbranched alkanes of at least 4 members (excludes halogenated alkanes) is 4. The van der Waals surface area contributed by atoms with Crippen LogP contribution >= 0.6 is 0 Å². The third-order valence-electron chi connectivity index (χ3n) is 3.18. The molecule has 104 valence electrons. The predicted molar refractivity (Wildman–Crippen MR) is 75.4 cm³/mol. The van der Waals surface area contributed by atoms with Gasteiger partial charge in [-0.15, -0.1) is 5.10 Å². The first-order valence-electron chi connectivity index (χ1n) is 7.13. The molecule has 0 unspecified atom stereocenters. The van der Waals surface area contributed by atoms with E-state index in [9.17, 15) is 0 Å². The first-order valence-corrected chi connectivity index (χ1v) is 7.13. The molecule has 18 heavy (non-hydrogen) atoms. The second kappa shape index (κ2) is 6.88. The smallest absolute Gasteiger partial charge is 0.1000 e. The first-order chi connectivity index (χ1) is 8.50. The fraction of sp³-hybridized carbons (Fsp3) is 0.857. The van der Waals surface area contributed by atoms with Gasteiger partial charge in [0.05, 0.1) is 11.4 Å². The minimum atomic E-state index is 0.0572. The summed E-state index contributed by atoms with van der Waals surface area (Å²) in [5.41, 5.74) is 7.93. The number of rotatable bonds is 7. The van der Waals surface area contributed by atoms with Crippen LogP contribution in [-0.4, -0.2) is 15.0 Å². The maximum Gasteiger partial charge on any atom is 0.1000 e. The Bertz CT molecular complexity index is 349. The van der Waals surface area contributed by atoms with Gasteiger partial charge in [0.1, 0.15) is 0 Å². The van der Waals surface area contributed by atoms with E-state index in [4.69, 9.17) is 5.73 Å². The average molecular weight is 252 g/mol. The Hall–Kier alpha value is -0.900. The molecule has 0 spiro atoms. The molecule has 1 rings (SSSR count). The number of hydrogen-bond donors (Lipinski definition) is 1. The van der Waals surface area contributed by atoms with Gasteiger partial charge in [0.15, 0.2) is 0 Å². The highest BCUT2D eigenvalue weighted by Gasteiger charge is 2.24. The van der Waals surface area contributed by atoms with Crippen molar-refractivity contribution in [1.29, 1.82) is 0 Å². The van der Waals surface area contributed by atoms with E-state index in [0.29, 0.717) is 6.54 Å². The Labute approximate surface area is 111 Å². The SMILES string of the molecule is CCCCCCCn1nnc(CN)c1C(C)(C)C. The molecule has 1 aromatic heterocycles. The summed E-state index contributed by atoms with van der Waals surface area (Å²) in [5.74, 6) is 0. The molecule has 0 aromatic carbocycles. The van der Waals surface area contributed by atoms with Crippen LogP contribution in [0.1, 0.15) is 71.2 Å². The van der Waals surface area contributed by atoms with Gasteiger partial charge in [0.25, 0.3) is 0 Å². The van der Waals surface area contributed by atoms with Gasteiger partial charge in [-0.3, -0.25) is 0 Å². The van der Waals surface area contributed by atoms with E-state index >= 15 is 0 Å². The van der Waals surface area contributed by atoms with Crippen molar-refractivity contribution in [3.05, 3.63) is 11.4 Å². The van der Waals surface area contributed by atoms with Crippen LogP contribution < -0.4 is 5.73 Å². The topological polar surface area (TPSA) is 56.7 Å². The van der Waals surface area contributed by atoms with Crippen molar-refractivity contribution in [1.82, 2.24) is 15.0 Å². The van der Waals surface area contributed by atoms with Crippen LogP contribution in [0.2, 0.25) is 0 Å². The predicted octanol–water partition coefficient (Wildman–Crippen LogP) is 3.00. The standard InChI is InChI=1S/C14H28N4/c1-5-6-7-8-9-10-18-13(14(2,3)4)12(11-15)16-17-18/h5-11,15H2,1-4H3. The zero-order valence-corrected chi connectivity index (χ0v) is 12.4. The molecule has 0 aliphatic heterocycles. The van der Waals surface area contributed by atoms with E-state index in [1.165, 1.54) is 37.8 Å². The Morgan fingerprint density at radius 2 is 1.78 bits per heavy atom. The highest BCUT2D eigenvalue weighted by molar-refractivity contribution is 5.19. The fourth-order valence-electron chi connectivity index (χ4n) is 2.33. The van der Waals surface area contributed by atoms with Gasteiger partial charge in [-0.2, -0.15) is 0 Å². The number of aryl methyl sites for hydroxylation is 1. The lowest BCUT2D eigenvalue weighted by Gasteiger charge is -2.21. The highest BCUT2D eigenvalue weighted by atomic mass is 15.4. The van der Waals surface area contributed by atoms with Gasteiger partial charge < -0.3 is 5.73 Å². The quantitative estimate of drug-likeness (QED) is 0.759. The molecule has 0 saturated heterocycles. The van der Waals surface area contributed by atoms with E-state index in [0.717, 1.165) is 12.2 Å². The van der Waals surface area contributed by atoms with Crippen LogP contribution in [0.5, 0.6) is 0 Å². The molecule has 2 N–H and O–H groups in total. The number of nitrogens with zero attached hydrogens (tertiary/aromatic N) is 3. The molecule has 1 heterocycles. The van der Waals surface area contributed by atoms with Crippen LogP contribution in [0.4, 0.5) is 0 Å². The van der Waals surface area contributed by atoms with E-state index in [1.54, 1.807) is 0 Å². The number of aromatic nitrogens is 3. The molecule has 0 amide bonds. The minimum Gasteiger partial charge on any atom is -0.325 e. The molecule has 0 bridgehead atoms. The van der Waals surface area contributed by atoms with Crippen molar-refractivity contribution in [2.45, 2.75) is 78.3 Å². The molecule has 0 radical (unpaired) electrons. The third kappa shape index (κ3) is 4.09. The average Bonchev–Trinajstić information content (AvgIpc) is 2.71. The molecule has 0 fully saturated rings. The Kier molecular flexibility index (Phi) is 5.79. The van der Waals surface area contributed by atoms with Crippen molar-refractivity contribution < 1.29 is 0 Å². The number of nitrogens with two attached hydrogens (primary N) is 1. The maximum absolute atomic E-state index is 5.74. The second-order valence-electron chi connectivity index (χ2n) is 5.98. The van der Waals surface area contributed by atoms with Crippen LogP contribution in [0.15, 0.2) is 0 Å². The van der Waals surface area contributed by atoms with Crippen molar-refractivity contribution in [2.75, 3.05) is 0 Å². The van der Waals surface area contributed by atoms with E-state index in [2.05, 4.69) is 38.0 Å². The Morgan fingerprint density at radius 1 is 1.11 bits per heavy atom. The molecular formula is C14H28N4. The zero-order valence-electron chi connectivity index (χ0n) is 12.4. The minimum absolute atomic E-state index is 0.0572. The lowest BCUT2D eigenvalue weighted by molar-refractivity contribution is 0.455. The lowest BCUT2D eigenvalue weighted by Crippen LogP contribution is -2.21. The summed E-state index contributed by atoms with van der Waals surface area (Å²) in [4.78, 5) is 0. The summed E-state index contributed by atoms with van der Waals surface area (Å²) in [5, 5.41) is 8.46. The van der Waals surface area contributed by atoms with Crippen molar-refractivity contribution in [3.63, 3.8) is 0 Å². The van der Waals surface area contributed by atoms with Gasteiger partial charge >= 0.3 is 0 Å². The molecule has 0 aliphatic carbocycles. The van der Waals surface area contributed by atoms with Gasteiger partial charge in [-0.25, -0.2) is 4.68 Å². The van der Waals surface area contributed by atoms with Gasteiger partial charge in [0, 0.05) is 18.5 Å². The molecule has 0 aliphatic rings. The largest absolute Gasteiger partial charge is 0.325 e. The summed E-state index contributed by atoms with van der Waals surface area (Å²) in [6, 6.07) is 0. The van der Waals surface area contributed by atoms with Crippen LogP contribution in [0.3, 0.4) is 0 Å². The molecule has 0 atom stereocenters. The Balaban J connectivity index is 2.63. The van der Waals surface area contributed by atoms with Crippen molar-refractivity contribution in [3.8, 4) is 0 Å². The lowest BCUT2D eigenvalue weighted by atomic mass is 9.90. The monoisotopic (exact) mass is 252 g/mol. The summed E-state index contributed by atoms with van der Waals surface area (Å²) < 4.78 is 2.05. The fourth-order valence-corrected chi connectivity index (χ4v) is 2.33. The molecule has 0 saturated carbocycles. The molecule has 4 heteroatoms. The van der Waals surface area contributed by atoms with Crippen LogP contribution in [0.25, 0.3) is 0 Å². The highest BCUT2D eigenvalue weighted by Crippen LogP contribution is 2.24. The Morgan fingerprint density at radius 3 is 2.33 bits per heavy atom. The van der Waals surface area contributed by atoms with Gasteiger partial charge in [-0.05, 0) is 6.42 Å². The summed E-state index contributed by atoms with van der Waals surface area (Å²) >= 11 is 0. The third-order valence-corrected chi connectivity index (χ3v) is 3.18. The van der Waals surface area contributed by atoms with E-state index in [-0.39, 0.29) is 5.41 Å². The zero-order chi connectivity index (χ0) is 13.6. The normalized spacial score (nSPS) is 12.1. The van der Waals surface area contributed by atoms with Gasteiger partial charge in [-0.1, -0.05) is 58.6 Å². The van der Waals surface area contributed by atoms with Crippen molar-refractivity contribution >= 4 is 0 Å². The van der Waals surface area contributed by atoms with Crippen molar-refractivity contribution in [2.24, 2.45) is 5.73 Å². The second-order valence-corrected chi connectivity index (χ2v) is 5.98.